The third-order valence-corrected chi connectivity index (χ3v) is 7.66. The highest BCUT2D eigenvalue weighted by Crippen LogP contribution is 2.47. The molecule has 3 atom stereocenters. The van der Waals surface area contributed by atoms with E-state index in [1.54, 1.807) is 10.6 Å². The molecule has 0 radical (unpaired) electrons. The second-order valence-electron chi connectivity index (χ2n) is 9.61. The van der Waals surface area contributed by atoms with Gasteiger partial charge in [0.1, 0.15) is 0 Å². The number of carbonyl (C=O) groups is 1. The molecule has 6 rings (SSSR count). The molecular weight excluding hydrogens is 438 g/mol. The Labute approximate surface area is 203 Å². The fourth-order valence-electron chi connectivity index (χ4n) is 6.28. The van der Waals surface area contributed by atoms with Crippen LogP contribution in [0, 0.1) is 0 Å². The summed E-state index contributed by atoms with van der Waals surface area (Å²) in [6, 6.07) is 29.3. The molecule has 176 valence electrons. The second-order valence-corrected chi connectivity index (χ2v) is 9.61. The Morgan fingerprint density at radius 3 is 1.91 bits per heavy atom. The van der Waals surface area contributed by atoms with Gasteiger partial charge in [-0.25, -0.2) is 9.78 Å². The summed E-state index contributed by atoms with van der Waals surface area (Å²) in [7, 11) is 0. The summed E-state index contributed by atoms with van der Waals surface area (Å²) >= 11 is 0. The predicted molar refractivity (Wildman–Crippen MR) is 135 cm³/mol. The molecule has 2 aliphatic rings. The van der Waals surface area contributed by atoms with E-state index < -0.39 is 17.2 Å². The van der Waals surface area contributed by atoms with Crippen molar-refractivity contribution in [3.63, 3.8) is 0 Å². The monoisotopic (exact) mass is 465 g/mol. The molecular formula is C29H27N3O3. The lowest BCUT2D eigenvalue weighted by Crippen LogP contribution is -2.47. The molecule has 35 heavy (non-hydrogen) atoms. The van der Waals surface area contributed by atoms with Crippen LogP contribution in [0.5, 0.6) is 0 Å². The van der Waals surface area contributed by atoms with Gasteiger partial charge >= 0.3 is 5.97 Å². The molecule has 6 nitrogen and oxygen atoms in total. The summed E-state index contributed by atoms with van der Waals surface area (Å²) in [5.41, 5.74) is 2.90. The van der Waals surface area contributed by atoms with E-state index >= 15 is 0 Å². The summed E-state index contributed by atoms with van der Waals surface area (Å²) in [4.78, 5) is 31.9. The van der Waals surface area contributed by atoms with E-state index in [1.807, 2.05) is 30.3 Å². The Morgan fingerprint density at radius 2 is 1.34 bits per heavy atom. The first-order valence-corrected chi connectivity index (χ1v) is 12.2. The molecule has 1 N–H and O–H groups in total. The number of nitrogens with zero attached hydrogens (tertiary/aromatic N) is 3. The molecule has 0 spiro atoms. The fraction of sp³-hybridized carbons (Fsp3) is 0.276. The van der Waals surface area contributed by atoms with Crippen LogP contribution in [0.4, 0.5) is 0 Å². The first kappa shape index (κ1) is 21.7. The van der Waals surface area contributed by atoms with Crippen LogP contribution in [0.2, 0.25) is 0 Å². The van der Waals surface area contributed by atoms with E-state index in [1.165, 1.54) is 11.1 Å². The molecule has 3 aromatic carbocycles. The van der Waals surface area contributed by atoms with E-state index in [0.29, 0.717) is 23.1 Å². The third kappa shape index (κ3) is 3.74. The van der Waals surface area contributed by atoms with E-state index in [9.17, 15) is 14.7 Å². The van der Waals surface area contributed by atoms with Gasteiger partial charge < -0.3 is 9.67 Å². The maximum Gasteiger partial charge on any atom is 0.360 e. The third-order valence-electron chi connectivity index (χ3n) is 7.66. The van der Waals surface area contributed by atoms with Gasteiger partial charge in [0.05, 0.1) is 17.1 Å². The normalized spacial score (nSPS) is 22.0. The van der Waals surface area contributed by atoms with E-state index in [4.69, 9.17) is 0 Å². The lowest BCUT2D eigenvalue weighted by atomic mass is 9.89. The SMILES string of the molecule is O=C(O)c1nc2ccccc2n([C@H]2C[C@H]3CC[C@@H](C2)N3C(c2ccccc2)c2ccccc2)c1=O. The standard InChI is InChI=1S/C29H27N3O3/c33-28-26(29(34)35)30-24-13-7-8-14-25(24)32(28)23-17-21-15-16-22(18-23)31(21)27(19-9-3-1-4-10-19)20-11-5-2-6-12-20/h1-14,21-23,27H,15-18H2,(H,34,35)/t21-,22+,23+. The summed E-state index contributed by atoms with van der Waals surface area (Å²) in [5.74, 6) is -1.27. The van der Waals surface area contributed by atoms with Crippen LogP contribution in [0.1, 0.15) is 59.4 Å². The van der Waals surface area contributed by atoms with Crippen LogP contribution in [0.3, 0.4) is 0 Å². The van der Waals surface area contributed by atoms with Gasteiger partial charge in [-0.2, -0.15) is 0 Å². The first-order chi connectivity index (χ1) is 17.1. The molecule has 3 heterocycles. The highest BCUT2D eigenvalue weighted by atomic mass is 16.4. The van der Waals surface area contributed by atoms with Crippen LogP contribution in [0.15, 0.2) is 89.7 Å². The van der Waals surface area contributed by atoms with Gasteiger partial charge in [-0.15, -0.1) is 0 Å². The lowest BCUT2D eigenvalue weighted by Gasteiger charge is -2.44. The summed E-state index contributed by atoms with van der Waals surface area (Å²) in [6.07, 6.45) is 3.75. The van der Waals surface area contributed by atoms with Crippen LogP contribution in [0.25, 0.3) is 11.0 Å². The Hall–Kier alpha value is -3.77. The van der Waals surface area contributed by atoms with Crippen LogP contribution >= 0.6 is 0 Å². The van der Waals surface area contributed by atoms with E-state index in [-0.39, 0.29) is 12.1 Å². The predicted octanol–water partition coefficient (Wildman–Crippen LogP) is 5.05. The number of aromatic carboxylic acids is 1. The zero-order valence-corrected chi connectivity index (χ0v) is 19.3. The number of fused-ring (bicyclic) bond motifs is 3. The largest absolute Gasteiger partial charge is 0.476 e. The van der Waals surface area contributed by atoms with Crippen molar-refractivity contribution in [3.05, 3.63) is 112 Å². The molecule has 0 amide bonds. The summed E-state index contributed by atoms with van der Waals surface area (Å²) < 4.78 is 1.72. The van der Waals surface area contributed by atoms with Crippen molar-refractivity contribution in [2.75, 3.05) is 0 Å². The van der Waals surface area contributed by atoms with Gasteiger partial charge in [0.15, 0.2) is 0 Å². The highest BCUT2D eigenvalue weighted by molar-refractivity contribution is 5.88. The fourth-order valence-corrected chi connectivity index (χ4v) is 6.28. The maximum absolute atomic E-state index is 13.3. The van der Waals surface area contributed by atoms with Crippen LogP contribution in [-0.4, -0.2) is 37.6 Å². The number of benzene rings is 3. The topological polar surface area (TPSA) is 75.4 Å². The number of piperidine rings is 1. The van der Waals surface area contributed by atoms with Crippen LogP contribution < -0.4 is 5.56 Å². The Balaban J connectivity index is 1.42. The minimum atomic E-state index is -1.27. The Morgan fingerprint density at radius 1 is 0.800 bits per heavy atom. The van der Waals surface area contributed by atoms with Crippen molar-refractivity contribution in [3.8, 4) is 0 Å². The number of aromatic nitrogens is 2. The molecule has 2 aliphatic heterocycles. The first-order valence-electron chi connectivity index (χ1n) is 12.2. The minimum absolute atomic E-state index is 0.0607. The van der Waals surface area contributed by atoms with Gasteiger partial charge in [0, 0.05) is 18.1 Å². The van der Waals surface area contributed by atoms with Crippen molar-refractivity contribution in [1.29, 1.82) is 0 Å². The van der Waals surface area contributed by atoms with Gasteiger partial charge in [-0.3, -0.25) is 9.69 Å². The van der Waals surface area contributed by atoms with Crippen molar-refractivity contribution < 1.29 is 9.90 Å². The van der Waals surface area contributed by atoms with Crippen LogP contribution in [-0.2, 0) is 0 Å². The molecule has 6 heteroatoms. The number of hydrogen-bond donors (Lipinski definition) is 1. The molecule has 2 saturated heterocycles. The van der Waals surface area contributed by atoms with Gasteiger partial charge in [-0.05, 0) is 48.9 Å². The molecule has 0 unspecified atom stereocenters. The zero-order valence-electron chi connectivity index (χ0n) is 19.3. The number of rotatable bonds is 5. The van der Waals surface area contributed by atoms with E-state index in [2.05, 4.69) is 58.4 Å². The molecule has 4 aromatic rings. The maximum atomic E-state index is 13.3. The van der Waals surface area contributed by atoms with E-state index in [0.717, 1.165) is 25.7 Å². The summed E-state index contributed by atoms with van der Waals surface area (Å²) in [5, 5.41) is 9.65. The Kier molecular flexibility index (Phi) is 5.46. The molecule has 2 bridgehead atoms. The van der Waals surface area contributed by atoms with Crippen molar-refractivity contribution in [2.45, 2.75) is 49.9 Å². The Bertz CT molecular complexity index is 1380. The molecule has 1 aromatic heterocycles. The number of hydrogen-bond acceptors (Lipinski definition) is 4. The van der Waals surface area contributed by atoms with Crippen molar-refractivity contribution in [1.82, 2.24) is 14.5 Å². The molecule has 0 aliphatic carbocycles. The minimum Gasteiger partial charge on any atom is -0.476 e. The smallest absolute Gasteiger partial charge is 0.360 e. The van der Waals surface area contributed by atoms with Crippen molar-refractivity contribution >= 4 is 17.0 Å². The van der Waals surface area contributed by atoms with Gasteiger partial charge in [0.2, 0.25) is 5.69 Å². The number of carboxylic acids is 1. The number of para-hydroxylation sites is 2. The quantitative estimate of drug-likeness (QED) is 0.446. The van der Waals surface area contributed by atoms with Crippen molar-refractivity contribution in [2.24, 2.45) is 0 Å². The molecule has 2 fully saturated rings. The van der Waals surface area contributed by atoms with Gasteiger partial charge in [-0.1, -0.05) is 72.8 Å². The lowest BCUT2D eigenvalue weighted by molar-refractivity contribution is 0.0681. The number of carboxylic acid groups (broad SMARTS) is 1. The zero-order chi connectivity index (χ0) is 23.9. The second kappa shape index (κ2) is 8.78. The average Bonchev–Trinajstić information content (AvgIpc) is 3.13. The highest BCUT2D eigenvalue weighted by Gasteiger charge is 2.45. The average molecular weight is 466 g/mol. The van der Waals surface area contributed by atoms with Gasteiger partial charge in [0.25, 0.3) is 5.56 Å². The summed E-state index contributed by atoms with van der Waals surface area (Å²) in [6.45, 7) is 0. The molecule has 0 saturated carbocycles.